The standard InChI is InChI=1S/C16H19ClN4O2/c1-10(2)8-16(22)19-15-7-6-14(20-21-15)18-12-9-11(17)4-5-13(12)23-3/h4-7,9-10H,8H2,1-3H3,(H,18,20)(H,19,21,22). The molecule has 1 aromatic carbocycles. The largest absolute Gasteiger partial charge is 0.495 e. The Morgan fingerprint density at radius 2 is 1.91 bits per heavy atom. The van der Waals surface area contributed by atoms with E-state index in [1.807, 2.05) is 13.8 Å². The molecule has 0 saturated carbocycles. The van der Waals surface area contributed by atoms with Gasteiger partial charge in [0.05, 0.1) is 12.8 Å². The van der Waals surface area contributed by atoms with Crippen molar-refractivity contribution >= 4 is 34.8 Å². The molecule has 7 heteroatoms. The van der Waals surface area contributed by atoms with E-state index in [1.165, 1.54) is 0 Å². The Morgan fingerprint density at radius 1 is 1.22 bits per heavy atom. The fraction of sp³-hybridized carbons (Fsp3) is 0.312. The second-order valence-electron chi connectivity index (χ2n) is 5.42. The smallest absolute Gasteiger partial charge is 0.225 e. The number of nitrogens with one attached hydrogen (secondary N) is 2. The van der Waals surface area contributed by atoms with Gasteiger partial charge in [-0.1, -0.05) is 25.4 Å². The van der Waals surface area contributed by atoms with Crippen LogP contribution in [0.15, 0.2) is 30.3 Å². The van der Waals surface area contributed by atoms with Crippen molar-refractivity contribution in [2.45, 2.75) is 20.3 Å². The topological polar surface area (TPSA) is 76.1 Å². The lowest BCUT2D eigenvalue weighted by atomic mass is 10.1. The maximum atomic E-state index is 11.7. The number of aromatic nitrogens is 2. The van der Waals surface area contributed by atoms with E-state index in [-0.39, 0.29) is 5.91 Å². The lowest BCUT2D eigenvalue weighted by Crippen LogP contribution is -2.15. The number of carbonyl (C=O) groups is 1. The van der Waals surface area contributed by atoms with Crippen molar-refractivity contribution in [1.29, 1.82) is 0 Å². The molecule has 2 rings (SSSR count). The molecule has 0 atom stereocenters. The average Bonchev–Trinajstić information content (AvgIpc) is 2.48. The van der Waals surface area contributed by atoms with Crippen LogP contribution >= 0.6 is 11.6 Å². The first-order valence-electron chi connectivity index (χ1n) is 7.22. The fourth-order valence-electron chi connectivity index (χ4n) is 1.95. The zero-order valence-corrected chi connectivity index (χ0v) is 14.0. The highest BCUT2D eigenvalue weighted by molar-refractivity contribution is 6.31. The van der Waals surface area contributed by atoms with Gasteiger partial charge in [0.15, 0.2) is 11.6 Å². The van der Waals surface area contributed by atoms with E-state index in [0.717, 1.165) is 0 Å². The van der Waals surface area contributed by atoms with Gasteiger partial charge in [-0.3, -0.25) is 4.79 Å². The summed E-state index contributed by atoms with van der Waals surface area (Å²) in [6.07, 6.45) is 0.446. The Kier molecular flexibility index (Phi) is 5.76. The molecule has 0 aliphatic rings. The van der Waals surface area contributed by atoms with Crippen LogP contribution in [0.1, 0.15) is 20.3 Å². The van der Waals surface area contributed by atoms with Gasteiger partial charge in [0.1, 0.15) is 5.75 Å². The van der Waals surface area contributed by atoms with Crippen LogP contribution < -0.4 is 15.4 Å². The molecule has 0 bridgehead atoms. The highest BCUT2D eigenvalue weighted by Gasteiger charge is 2.08. The molecule has 0 fully saturated rings. The number of anilines is 3. The molecule has 122 valence electrons. The normalized spacial score (nSPS) is 10.5. The number of nitrogens with zero attached hydrogens (tertiary/aromatic N) is 2. The molecule has 6 nitrogen and oxygen atoms in total. The van der Waals surface area contributed by atoms with Crippen molar-refractivity contribution < 1.29 is 9.53 Å². The summed E-state index contributed by atoms with van der Waals surface area (Å²) >= 11 is 5.98. The van der Waals surface area contributed by atoms with Crippen molar-refractivity contribution in [2.75, 3.05) is 17.7 Å². The highest BCUT2D eigenvalue weighted by atomic mass is 35.5. The third kappa shape index (κ3) is 5.10. The SMILES string of the molecule is COc1ccc(Cl)cc1Nc1ccc(NC(=O)CC(C)C)nn1. The second kappa shape index (κ2) is 7.78. The van der Waals surface area contributed by atoms with E-state index < -0.39 is 0 Å². The molecule has 2 aromatic rings. The first kappa shape index (κ1) is 17.0. The van der Waals surface area contributed by atoms with Crippen LogP contribution in [0.4, 0.5) is 17.3 Å². The summed E-state index contributed by atoms with van der Waals surface area (Å²) in [5.41, 5.74) is 0.686. The van der Waals surface area contributed by atoms with Gasteiger partial charge < -0.3 is 15.4 Å². The zero-order chi connectivity index (χ0) is 16.8. The van der Waals surface area contributed by atoms with Crippen molar-refractivity contribution in [1.82, 2.24) is 10.2 Å². The fourth-order valence-corrected chi connectivity index (χ4v) is 2.12. The van der Waals surface area contributed by atoms with Crippen LogP contribution in [-0.2, 0) is 4.79 Å². The Bertz CT molecular complexity index is 674. The molecule has 0 aliphatic heterocycles. The lowest BCUT2D eigenvalue weighted by Gasteiger charge is -2.11. The van der Waals surface area contributed by atoms with Gasteiger partial charge in [-0.25, -0.2) is 0 Å². The number of carbonyl (C=O) groups excluding carboxylic acids is 1. The van der Waals surface area contributed by atoms with Crippen LogP contribution in [0.5, 0.6) is 5.75 Å². The van der Waals surface area contributed by atoms with E-state index in [2.05, 4.69) is 20.8 Å². The molecule has 2 N–H and O–H groups in total. The summed E-state index contributed by atoms with van der Waals surface area (Å²) in [6, 6.07) is 8.65. The van der Waals surface area contributed by atoms with E-state index in [9.17, 15) is 4.79 Å². The second-order valence-corrected chi connectivity index (χ2v) is 5.86. The Morgan fingerprint density at radius 3 is 2.52 bits per heavy atom. The molecule has 23 heavy (non-hydrogen) atoms. The summed E-state index contributed by atoms with van der Waals surface area (Å²) in [6.45, 7) is 3.97. The first-order valence-corrected chi connectivity index (χ1v) is 7.60. The third-order valence-corrected chi connectivity index (χ3v) is 3.19. The Balaban J connectivity index is 2.06. The maximum Gasteiger partial charge on any atom is 0.225 e. The molecular formula is C16H19ClN4O2. The van der Waals surface area contributed by atoms with E-state index in [4.69, 9.17) is 16.3 Å². The lowest BCUT2D eigenvalue weighted by molar-refractivity contribution is -0.116. The van der Waals surface area contributed by atoms with E-state index in [1.54, 1.807) is 37.4 Å². The van der Waals surface area contributed by atoms with Gasteiger partial charge >= 0.3 is 0 Å². The van der Waals surface area contributed by atoms with Gasteiger partial charge in [0, 0.05) is 11.4 Å². The van der Waals surface area contributed by atoms with Crippen LogP contribution in [0, 0.1) is 5.92 Å². The molecule has 1 aromatic heterocycles. The predicted molar refractivity (Wildman–Crippen MR) is 91.4 cm³/mol. The average molecular weight is 335 g/mol. The molecule has 0 aliphatic carbocycles. The van der Waals surface area contributed by atoms with Crippen LogP contribution in [-0.4, -0.2) is 23.2 Å². The maximum absolute atomic E-state index is 11.7. The number of benzene rings is 1. The number of methoxy groups -OCH3 is 1. The predicted octanol–water partition coefficient (Wildman–Crippen LogP) is 3.87. The van der Waals surface area contributed by atoms with Gasteiger partial charge in [-0.2, -0.15) is 0 Å². The van der Waals surface area contributed by atoms with Gasteiger partial charge in [0.2, 0.25) is 5.91 Å². The summed E-state index contributed by atoms with van der Waals surface area (Å²) in [4.78, 5) is 11.7. The van der Waals surface area contributed by atoms with Gasteiger partial charge in [0.25, 0.3) is 0 Å². The zero-order valence-electron chi connectivity index (χ0n) is 13.3. The Labute approximate surface area is 140 Å². The molecule has 0 radical (unpaired) electrons. The van der Waals surface area contributed by atoms with Gasteiger partial charge in [-0.05, 0) is 36.2 Å². The molecule has 0 unspecified atom stereocenters. The number of rotatable bonds is 6. The van der Waals surface area contributed by atoms with E-state index >= 15 is 0 Å². The minimum absolute atomic E-state index is 0.0773. The number of ether oxygens (including phenoxy) is 1. The minimum atomic E-state index is -0.0773. The highest BCUT2D eigenvalue weighted by Crippen LogP contribution is 2.29. The summed E-state index contributed by atoms with van der Waals surface area (Å²) in [5.74, 6) is 1.79. The molecule has 0 saturated heterocycles. The van der Waals surface area contributed by atoms with Crippen molar-refractivity contribution in [3.05, 3.63) is 35.4 Å². The quantitative estimate of drug-likeness (QED) is 0.838. The van der Waals surface area contributed by atoms with Crippen LogP contribution in [0.2, 0.25) is 5.02 Å². The van der Waals surface area contributed by atoms with Crippen molar-refractivity contribution in [2.24, 2.45) is 5.92 Å². The number of hydrogen-bond acceptors (Lipinski definition) is 5. The number of halogens is 1. The molecule has 0 spiro atoms. The van der Waals surface area contributed by atoms with E-state index in [0.29, 0.717) is 40.4 Å². The summed E-state index contributed by atoms with van der Waals surface area (Å²) in [7, 11) is 1.58. The summed E-state index contributed by atoms with van der Waals surface area (Å²) < 4.78 is 5.26. The van der Waals surface area contributed by atoms with Crippen LogP contribution in [0.3, 0.4) is 0 Å². The molecule has 1 amide bonds. The van der Waals surface area contributed by atoms with Crippen LogP contribution in [0.25, 0.3) is 0 Å². The van der Waals surface area contributed by atoms with Crippen molar-refractivity contribution in [3.63, 3.8) is 0 Å². The minimum Gasteiger partial charge on any atom is -0.495 e. The Hall–Kier alpha value is -2.34. The third-order valence-electron chi connectivity index (χ3n) is 2.95. The molecule has 1 heterocycles. The first-order chi connectivity index (χ1) is 11.0. The number of amides is 1. The monoisotopic (exact) mass is 334 g/mol. The number of hydrogen-bond donors (Lipinski definition) is 2. The molecular weight excluding hydrogens is 316 g/mol. The summed E-state index contributed by atoms with van der Waals surface area (Å²) in [5, 5.41) is 14.4. The van der Waals surface area contributed by atoms with Gasteiger partial charge in [-0.15, -0.1) is 10.2 Å². The van der Waals surface area contributed by atoms with Crippen molar-refractivity contribution in [3.8, 4) is 5.75 Å².